The molecule has 1 N–H and O–H groups in total. The molecule has 6 nitrogen and oxygen atoms in total. The number of hydrogen-bond donors (Lipinski definition) is 1. The molecule has 0 spiro atoms. The maximum atomic E-state index is 12.9. The minimum atomic E-state index is -4.42. The van der Waals surface area contributed by atoms with Gasteiger partial charge in [0.25, 0.3) is 0 Å². The van der Waals surface area contributed by atoms with Crippen LogP contribution in [0.4, 0.5) is 13.2 Å². The van der Waals surface area contributed by atoms with Crippen molar-refractivity contribution in [3.8, 4) is 0 Å². The molecule has 1 aliphatic heterocycles. The minimum absolute atomic E-state index is 0.0321. The van der Waals surface area contributed by atoms with E-state index in [0.717, 1.165) is 37.0 Å². The molecular formula is C26H31F3N2O4. The molecule has 0 bridgehead atoms. The van der Waals surface area contributed by atoms with Gasteiger partial charge >= 0.3 is 12.1 Å². The number of aryl methyl sites for hydroxylation is 1. The average Bonchev–Trinajstić information content (AvgIpc) is 2.83. The topological polar surface area (TPSA) is 70.1 Å². The summed E-state index contributed by atoms with van der Waals surface area (Å²) >= 11 is 0. The summed E-state index contributed by atoms with van der Waals surface area (Å²) in [6.07, 6.45) is -2.11. The number of carbonyl (C=O) groups excluding carboxylic acids is 2. The number of rotatable bonds is 10. The van der Waals surface area contributed by atoms with E-state index in [1.54, 1.807) is 23.2 Å². The molecule has 35 heavy (non-hydrogen) atoms. The monoisotopic (exact) mass is 492 g/mol. The predicted octanol–water partition coefficient (Wildman–Crippen LogP) is 4.26. The number of benzene rings is 2. The lowest BCUT2D eigenvalue weighted by molar-refractivity contribution is -0.156. The molecule has 0 aliphatic carbocycles. The Labute approximate surface area is 203 Å². The molecule has 2 aromatic carbocycles. The Morgan fingerprint density at radius 1 is 1.11 bits per heavy atom. The van der Waals surface area contributed by atoms with Crippen LogP contribution in [0.5, 0.6) is 0 Å². The van der Waals surface area contributed by atoms with E-state index in [4.69, 9.17) is 4.74 Å². The molecule has 1 heterocycles. The number of esters is 1. The van der Waals surface area contributed by atoms with Gasteiger partial charge in [0.15, 0.2) is 0 Å². The molecule has 0 saturated carbocycles. The quantitative estimate of drug-likeness (QED) is 0.502. The summed E-state index contributed by atoms with van der Waals surface area (Å²) in [5, 5.41) is 14.1. The zero-order valence-electron chi connectivity index (χ0n) is 19.8. The van der Waals surface area contributed by atoms with Gasteiger partial charge in [-0.25, -0.2) is 9.80 Å². The number of carbonyl (C=O) groups is 2. The van der Waals surface area contributed by atoms with Crippen LogP contribution in [0.15, 0.2) is 48.5 Å². The number of halogens is 3. The van der Waals surface area contributed by atoms with Crippen LogP contribution in [0.3, 0.4) is 0 Å². The molecular weight excluding hydrogens is 461 g/mol. The van der Waals surface area contributed by atoms with Crippen LogP contribution in [0, 0.1) is 0 Å². The van der Waals surface area contributed by atoms with Crippen molar-refractivity contribution in [2.45, 2.75) is 50.8 Å². The van der Waals surface area contributed by atoms with Crippen LogP contribution < -0.4 is 0 Å². The van der Waals surface area contributed by atoms with E-state index in [0.29, 0.717) is 43.6 Å². The van der Waals surface area contributed by atoms with Gasteiger partial charge in [0.2, 0.25) is 5.91 Å². The van der Waals surface area contributed by atoms with Crippen LogP contribution in [-0.4, -0.2) is 59.8 Å². The normalized spacial score (nSPS) is 15.8. The molecule has 1 unspecified atom stereocenters. The molecule has 0 radical (unpaired) electrons. The van der Waals surface area contributed by atoms with Crippen molar-refractivity contribution in [2.24, 2.45) is 0 Å². The molecule has 3 rings (SSSR count). The Kier molecular flexibility index (Phi) is 9.28. The number of alkyl halides is 3. The van der Waals surface area contributed by atoms with E-state index in [1.807, 2.05) is 17.1 Å². The van der Waals surface area contributed by atoms with Crippen molar-refractivity contribution in [3.05, 3.63) is 70.8 Å². The highest BCUT2D eigenvalue weighted by Crippen LogP contribution is 2.30. The lowest BCUT2D eigenvalue weighted by Crippen LogP contribution is -2.51. The third-order valence-electron chi connectivity index (χ3n) is 6.09. The molecule has 1 atom stereocenters. The van der Waals surface area contributed by atoms with Crippen molar-refractivity contribution in [3.63, 3.8) is 0 Å². The summed E-state index contributed by atoms with van der Waals surface area (Å²) in [7, 11) is 1.34. The summed E-state index contributed by atoms with van der Waals surface area (Å²) in [5.74, 6) is -0.356. The number of hydrogen-bond acceptors (Lipinski definition) is 5. The second-order valence-electron chi connectivity index (χ2n) is 8.71. The summed E-state index contributed by atoms with van der Waals surface area (Å²) < 4.78 is 43.5. The number of methoxy groups -OCH3 is 1. The second-order valence-corrected chi connectivity index (χ2v) is 8.71. The highest BCUT2D eigenvalue weighted by atomic mass is 19.4. The summed E-state index contributed by atoms with van der Waals surface area (Å²) in [6.45, 7) is 1.66. The largest absolute Gasteiger partial charge is 0.465 e. The molecule has 1 aliphatic rings. The lowest BCUT2D eigenvalue weighted by Gasteiger charge is -2.39. The minimum Gasteiger partial charge on any atom is -0.465 e. The molecule has 0 aromatic heterocycles. The number of hydrazine groups is 1. The van der Waals surface area contributed by atoms with Crippen molar-refractivity contribution >= 4 is 11.9 Å². The standard InChI is InChI=1S/C26H31F3N2O4/c1-35-25(34)21-11-9-19(10-12-21)6-3-15-31-24(33)8-4-14-30(31)16-13-23(32)18-20-5-2-7-22(17-20)26(27,28)29/h2,5,7,9-12,17,23,32H,3-4,6,8,13-16,18H2,1H3. The highest BCUT2D eigenvalue weighted by molar-refractivity contribution is 5.89. The first-order valence-corrected chi connectivity index (χ1v) is 11.7. The first-order chi connectivity index (χ1) is 16.7. The number of amides is 1. The van der Waals surface area contributed by atoms with Gasteiger partial charge in [0.1, 0.15) is 0 Å². The number of aliphatic hydroxyl groups is 1. The molecule has 1 amide bonds. The van der Waals surface area contributed by atoms with Gasteiger partial charge in [-0.3, -0.25) is 9.80 Å². The number of ether oxygens (including phenoxy) is 1. The fourth-order valence-corrected chi connectivity index (χ4v) is 4.22. The molecule has 1 fully saturated rings. The first kappa shape index (κ1) is 26.7. The Hall–Kier alpha value is -2.91. The summed E-state index contributed by atoms with van der Waals surface area (Å²) in [4.78, 5) is 24.1. The Morgan fingerprint density at radius 3 is 2.54 bits per heavy atom. The summed E-state index contributed by atoms with van der Waals surface area (Å²) in [5.41, 5.74) is 1.23. The third-order valence-corrected chi connectivity index (χ3v) is 6.09. The van der Waals surface area contributed by atoms with Gasteiger partial charge in [-0.1, -0.05) is 30.3 Å². The van der Waals surface area contributed by atoms with Gasteiger partial charge in [0.05, 0.1) is 24.3 Å². The van der Waals surface area contributed by atoms with Crippen molar-refractivity contribution in [2.75, 3.05) is 26.7 Å². The Balaban J connectivity index is 1.50. The molecule has 190 valence electrons. The lowest BCUT2D eigenvalue weighted by atomic mass is 10.0. The van der Waals surface area contributed by atoms with E-state index >= 15 is 0 Å². The number of nitrogens with zero attached hydrogens (tertiary/aromatic N) is 2. The molecule has 2 aromatic rings. The number of aliphatic hydroxyl groups excluding tert-OH is 1. The first-order valence-electron chi connectivity index (χ1n) is 11.7. The van der Waals surface area contributed by atoms with E-state index in [9.17, 15) is 27.9 Å². The Bertz CT molecular complexity index is 995. The van der Waals surface area contributed by atoms with Crippen LogP contribution in [0.2, 0.25) is 0 Å². The smallest absolute Gasteiger partial charge is 0.416 e. The van der Waals surface area contributed by atoms with Gasteiger partial charge < -0.3 is 9.84 Å². The van der Waals surface area contributed by atoms with E-state index in [1.165, 1.54) is 13.2 Å². The van der Waals surface area contributed by atoms with E-state index in [-0.39, 0.29) is 18.3 Å². The van der Waals surface area contributed by atoms with Gasteiger partial charge in [0, 0.05) is 26.1 Å². The fraction of sp³-hybridized carbons (Fsp3) is 0.462. The predicted molar refractivity (Wildman–Crippen MR) is 124 cm³/mol. The van der Waals surface area contributed by atoms with E-state index in [2.05, 4.69) is 0 Å². The average molecular weight is 493 g/mol. The zero-order valence-corrected chi connectivity index (χ0v) is 19.8. The third kappa shape index (κ3) is 7.80. The van der Waals surface area contributed by atoms with Crippen molar-refractivity contribution in [1.29, 1.82) is 0 Å². The fourth-order valence-electron chi connectivity index (χ4n) is 4.22. The van der Waals surface area contributed by atoms with Crippen molar-refractivity contribution < 1.29 is 32.6 Å². The van der Waals surface area contributed by atoms with Crippen molar-refractivity contribution in [1.82, 2.24) is 10.0 Å². The van der Waals surface area contributed by atoms with Gasteiger partial charge in [-0.15, -0.1) is 0 Å². The van der Waals surface area contributed by atoms with Crippen LogP contribution in [0.25, 0.3) is 0 Å². The van der Waals surface area contributed by atoms with Crippen LogP contribution in [0.1, 0.15) is 52.7 Å². The van der Waals surface area contributed by atoms with Crippen LogP contribution in [-0.2, 0) is 28.5 Å². The SMILES string of the molecule is COC(=O)c1ccc(CCCN2C(=O)CCCN2CCC(O)Cc2cccc(C(F)(F)F)c2)cc1. The van der Waals surface area contributed by atoms with Gasteiger partial charge in [-0.05, 0) is 61.4 Å². The molecule has 9 heteroatoms. The molecule has 1 saturated heterocycles. The maximum absolute atomic E-state index is 12.9. The Morgan fingerprint density at radius 2 is 1.86 bits per heavy atom. The summed E-state index contributed by atoms with van der Waals surface area (Å²) in [6, 6.07) is 12.2. The zero-order chi connectivity index (χ0) is 25.4. The highest BCUT2D eigenvalue weighted by Gasteiger charge is 2.30. The van der Waals surface area contributed by atoms with Crippen LogP contribution >= 0.6 is 0 Å². The maximum Gasteiger partial charge on any atom is 0.416 e. The van der Waals surface area contributed by atoms with Gasteiger partial charge in [-0.2, -0.15) is 13.2 Å². The van der Waals surface area contributed by atoms with E-state index < -0.39 is 17.8 Å². The second kappa shape index (κ2) is 12.2.